The molecule has 5 rings (SSSR count). The molecule has 19 heavy (non-hydrogen) atoms. The molecule has 0 N–H and O–H groups in total. The van der Waals surface area contributed by atoms with Gasteiger partial charge in [0.25, 0.3) is 0 Å². The molecule has 0 radical (unpaired) electrons. The molecule has 2 unspecified atom stereocenters. The van der Waals surface area contributed by atoms with Gasteiger partial charge in [0, 0.05) is 17.8 Å². The first-order valence-corrected chi connectivity index (χ1v) is 7.40. The number of hydrogen-bond donors (Lipinski definition) is 0. The molecule has 2 atom stereocenters. The molecule has 4 bridgehead atoms. The third-order valence-corrected chi connectivity index (χ3v) is 5.63. The van der Waals surface area contributed by atoms with Crippen LogP contribution in [0, 0.1) is 22.7 Å². The van der Waals surface area contributed by atoms with Crippen LogP contribution in [0.3, 0.4) is 0 Å². The minimum absolute atomic E-state index is 0.116. The Morgan fingerprint density at radius 1 is 1.21 bits per heavy atom. The Morgan fingerprint density at radius 3 is 2.53 bits per heavy atom. The van der Waals surface area contributed by atoms with Crippen molar-refractivity contribution >= 4 is 5.78 Å². The lowest BCUT2D eigenvalue weighted by Crippen LogP contribution is -2.54. The summed E-state index contributed by atoms with van der Waals surface area (Å²) in [4.78, 5) is 21.3. The SMILES string of the molecule is CC12CC3CC(C1)CC(C(=O)c1cnccn1)(C3)C2. The summed E-state index contributed by atoms with van der Waals surface area (Å²) in [7, 11) is 0. The van der Waals surface area contributed by atoms with E-state index in [1.165, 1.54) is 19.3 Å². The maximum Gasteiger partial charge on any atom is 0.188 e. The predicted octanol–water partition coefficient (Wildman–Crippen LogP) is 3.27. The van der Waals surface area contributed by atoms with Gasteiger partial charge in [0.2, 0.25) is 0 Å². The van der Waals surface area contributed by atoms with Crippen molar-refractivity contribution < 1.29 is 4.79 Å². The third-order valence-electron chi connectivity index (χ3n) is 5.63. The van der Waals surface area contributed by atoms with Crippen LogP contribution in [0.5, 0.6) is 0 Å². The molecule has 3 heteroatoms. The standard InChI is InChI=1S/C16H20N2O/c1-15-5-11-4-12(6-15)8-16(7-11,10-15)14(19)13-9-17-2-3-18-13/h2-3,9,11-12H,4-8,10H2,1H3. The van der Waals surface area contributed by atoms with Crippen molar-refractivity contribution in [3.63, 3.8) is 0 Å². The van der Waals surface area contributed by atoms with E-state index in [1.807, 2.05) is 0 Å². The van der Waals surface area contributed by atoms with Gasteiger partial charge in [-0.15, -0.1) is 0 Å². The second-order valence-electron chi connectivity index (χ2n) is 7.47. The number of nitrogens with zero attached hydrogens (tertiary/aromatic N) is 2. The summed E-state index contributed by atoms with van der Waals surface area (Å²) in [6, 6.07) is 0. The zero-order chi connectivity index (χ0) is 13.1. The lowest BCUT2D eigenvalue weighted by molar-refractivity contribution is -0.0822. The van der Waals surface area contributed by atoms with E-state index in [1.54, 1.807) is 18.6 Å². The van der Waals surface area contributed by atoms with Gasteiger partial charge < -0.3 is 0 Å². The van der Waals surface area contributed by atoms with Gasteiger partial charge in [0.15, 0.2) is 5.78 Å². The van der Waals surface area contributed by atoms with E-state index < -0.39 is 0 Å². The fourth-order valence-corrected chi connectivity index (χ4v) is 5.67. The molecule has 0 amide bonds. The van der Waals surface area contributed by atoms with Crippen molar-refractivity contribution in [1.82, 2.24) is 9.97 Å². The van der Waals surface area contributed by atoms with Crippen molar-refractivity contribution in [2.24, 2.45) is 22.7 Å². The summed E-state index contributed by atoms with van der Waals surface area (Å²) >= 11 is 0. The average molecular weight is 256 g/mol. The molecule has 0 spiro atoms. The maximum atomic E-state index is 12.9. The zero-order valence-electron chi connectivity index (χ0n) is 11.4. The number of aromatic nitrogens is 2. The summed E-state index contributed by atoms with van der Waals surface area (Å²) in [5, 5.41) is 0. The predicted molar refractivity (Wildman–Crippen MR) is 71.6 cm³/mol. The number of Topliss-reactive ketones (excluding diaryl/α,β-unsaturated/α-hetero) is 1. The molecule has 100 valence electrons. The van der Waals surface area contributed by atoms with Gasteiger partial charge in [-0.1, -0.05) is 6.92 Å². The van der Waals surface area contributed by atoms with E-state index in [-0.39, 0.29) is 11.2 Å². The summed E-state index contributed by atoms with van der Waals surface area (Å²) in [5.74, 6) is 1.81. The second kappa shape index (κ2) is 3.65. The number of hydrogen-bond acceptors (Lipinski definition) is 3. The molecule has 4 fully saturated rings. The highest BCUT2D eigenvalue weighted by Crippen LogP contribution is 2.65. The molecule has 3 nitrogen and oxygen atoms in total. The Morgan fingerprint density at radius 2 is 1.95 bits per heavy atom. The molecular formula is C16H20N2O. The normalized spacial score (nSPS) is 43.4. The minimum Gasteiger partial charge on any atom is -0.292 e. The van der Waals surface area contributed by atoms with Gasteiger partial charge in [0.1, 0.15) is 5.69 Å². The number of ketones is 1. The van der Waals surface area contributed by atoms with Crippen molar-refractivity contribution in [3.8, 4) is 0 Å². The van der Waals surface area contributed by atoms with Gasteiger partial charge in [0.05, 0.1) is 6.20 Å². The van der Waals surface area contributed by atoms with Crippen molar-refractivity contribution in [3.05, 3.63) is 24.3 Å². The second-order valence-corrected chi connectivity index (χ2v) is 7.47. The van der Waals surface area contributed by atoms with Crippen LogP contribution in [0.4, 0.5) is 0 Å². The van der Waals surface area contributed by atoms with Crippen LogP contribution >= 0.6 is 0 Å². The first kappa shape index (κ1) is 11.6. The first-order valence-electron chi connectivity index (χ1n) is 7.40. The summed E-state index contributed by atoms with van der Waals surface area (Å²) in [6.45, 7) is 2.39. The maximum absolute atomic E-state index is 12.9. The smallest absolute Gasteiger partial charge is 0.188 e. The highest BCUT2D eigenvalue weighted by atomic mass is 16.1. The van der Waals surface area contributed by atoms with Crippen molar-refractivity contribution in [1.29, 1.82) is 0 Å². The monoisotopic (exact) mass is 256 g/mol. The van der Waals surface area contributed by atoms with Gasteiger partial charge in [-0.3, -0.25) is 9.78 Å². The molecular weight excluding hydrogens is 236 g/mol. The minimum atomic E-state index is -0.116. The Kier molecular flexibility index (Phi) is 2.22. The van der Waals surface area contributed by atoms with E-state index in [9.17, 15) is 4.79 Å². The Labute approximate surface area is 113 Å². The summed E-state index contributed by atoms with van der Waals surface area (Å²) < 4.78 is 0. The van der Waals surface area contributed by atoms with Gasteiger partial charge in [-0.2, -0.15) is 0 Å². The molecule has 0 saturated heterocycles. The molecule has 1 aromatic heterocycles. The zero-order valence-corrected chi connectivity index (χ0v) is 11.4. The van der Waals surface area contributed by atoms with Crippen LogP contribution in [0.25, 0.3) is 0 Å². The third kappa shape index (κ3) is 1.67. The fourth-order valence-electron chi connectivity index (χ4n) is 5.67. The molecule has 4 saturated carbocycles. The average Bonchev–Trinajstić information content (AvgIpc) is 2.36. The number of rotatable bonds is 2. The van der Waals surface area contributed by atoms with E-state index >= 15 is 0 Å². The summed E-state index contributed by atoms with van der Waals surface area (Å²) in [6.07, 6.45) is 12.2. The van der Waals surface area contributed by atoms with Crippen LogP contribution in [0.2, 0.25) is 0 Å². The summed E-state index contributed by atoms with van der Waals surface area (Å²) in [5.41, 5.74) is 0.865. The van der Waals surface area contributed by atoms with Gasteiger partial charge in [-0.25, -0.2) is 4.98 Å². The molecule has 1 heterocycles. The first-order chi connectivity index (χ1) is 9.09. The largest absolute Gasteiger partial charge is 0.292 e. The Balaban J connectivity index is 1.72. The molecule has 1 aromatic rings. The molecule has 0 aromatic carbocycles. The Bertz CT molecular complexity index is 511. The Hall–Kier alpha value is -1.25. The molecule has 0 aliphatic heterocycles. The van der Waals surface area contributed by atoms with E-state index in [2.05, 4.69) is 16.9 Å². The highest BCUT2D eigenvalue weighted by Gasteiger charge is 2.58. The van der Waals surface area contributed by atoms with Crippen molar-refractivity contribution in [2.75, 3.05) is 0 Å². The van der Waals surface area contributed by atoms with Crippen LogP contribution < -0.4 is 0 Å². The fraction of sp³-hybridized carbons (Fsp3) is 0.688. The number of carbonyl (C=O) groups excluding carboxylic acids is 1. The van der Waals surface area contributed by atoms with Crippen LogP contribution in [0.1, 0.15) is 55.9 Å². The molecule has 4 aliphatic rings. The lowest BCUT2D eigenvalue weighted by Gasteiger charge is -2.60. The van der Waals surface area contributed by atoms with Crippen LogP contribution in [-0.2, 0) is 0 Å². The quantitative estimate of drug-likeness (QED) is 0.763. The van der Waals surface area contributed by atoms with E-state index in [0.717, 1.165) is 31.1 Å². The molecule has 4 aliphatic carbocycles. The van der Waals surface area contributed by atoms with Crippen LogP contribution in [-0.4, -0.2) is 15.8 Å². The van der Waals surface area contributed by atoms with E-state index in [0.29, 0.717) is 11.1 Å². The van der Waals surface area contributed by atoms with E-state index in [4.69, 9.17) is 0 Å². The highest BCUT2D eigenvalue weighted by molar-refractivity contribution is 5.99. The van der Waals surface area contributed by atoms with Crippen molar-refractivity contribution in [2.45, 2.75) is 45.4 Å². The van der Waals surface area contributed by atoms with Gasteiger partial charge in [-0.05, 0) is 55.8 Å². The number of carbonyl (C=O) groups is 1. The van der Waals surface area contributed by atoms with Crippen LogP contribution in [0.15, 0.2) is 18.6 Å². The topological polar surface area (TPSA) is 42.9 Å². The van der Waals surface area contributed by atoms with Gasteiger partial charge >= 0.3 is 0 Å². The lowest BCUT2D eigenvalue weighted by atomic mass is 9.43.